The number of hydrogen-bond acceptors (Lipinski definition) is 6. The Balaban J connectivity index is 1.43. The Kier molecular flexibility index (Phi) is 6.39. The summed E-state index contributed by atoms with van der Waals surface area (Å²) in [5.74, 6) is -1.07. The Bertz CT molecular complexity index is 927. The summed E-state index contributed by atoms with van der Waals surface area (Å²) < 4.78 is 11.5. The molecule has 8 heteroatoms. The van der Waals surface area contributed by atoms with Crippen molar-refractivity contribution in [3.05, 3.63) is 58.6 Å². The molecular formula is C19H17ClN2O4S. The summed E-state index contributed by atoms with van der Waals surface area (Å²) in [6, 6.07) is 14.5. The average molecular weight is 405 g/mol. The van der Waals surface area contributed by atoms with E-state index in [-0.39, 0.29) is 13.2 Å². The van der Waals surface area contributed by atoms with Crippen LogP contribution in [0.15, 0.2) is 48.5 Å². The van der Waals surface area contributed by atoms with E-state index in [4.69, 9.17) is 21.1 Å². The minimum Gasteiger partial charge on any atom is -0.451 e. The van der Waals surface area contributed by atoms with Crippen LogP contribution in [0.3, 0.4) is 0 Å². The molecule has 1 N–H and O–H groups in total. The normalized spacial score (nSPS) is 11.9. The van der Waals surface area contributed by atoms with Gasteiger partial charge in [-0.1, -0.05) is 29.8 Å². The topological polar surface area (TPSA) is 77.5 Å². The van der Waals surface area contributed by atoms with Crippen LogP contribution in [0.2, 0.25) is 5.02 Å². The molecule has 6 nitrogen and oxygen atoms in total. The second kappa shape index (κ2) is 8.94. The second-order valence-corrected chi connectivity index (χ2v) is 7.25. The van der Waals surface area contributed by atoms with Crippen LogP contribution in [-0.4, -0.2) is 29.6 Å². The zero-order valence-electron chi connectivity index (χ0n) is 14.5. The standard InChI is InChI=1S/C19H17ClN2O4S/c1-12(19(24)21-14-6-4-5-13(20)9-14)26-18(23)11-25-10-17-22-15-7-2-3-8-16(15)27-17/h2-9,12H,10-11H2,1H3,(H,21,24)/t12-/m1/s1. The molecule has 0 aliphatic rings. The number of halogens is 1. The second-order valence-electron chi connectivity index (χ2n) is 5.70. The lowest BCUT2D eigenvalue weighted by Crippen LogP contribution is -2.31. The van der Waals surface area contributed by atoms with Crippen molar-refractivity contribution in [2.24, 2.45) is 0 Å². The van der Waals surface area contributed by atoms with Crippen molar-refractivity contribution >= 4 is 50.7 Å². The SMILES string of the molecule is C[C@@H](OC(=O)COCc1nc2ccccc2s1)C(=O)Nc1cccc(Cl)c1. The van der Waals surface area contributed by atoms with E-state index in [1.165, 1.54) is 18.3 Å². The van der Waals surface area contributed by atoms with Gasteiger partial charge in [0, 0.05) is 10.7 Å². The first-order chi connectivity index (χ1) is 13.0. The summed E-state index contributed by atoms with van der Waals surface area (Å²) in [5.41, 5.74) is 1.43. The van der Waals surface area contributed by atoms with Crippen molar-refractivity contribution in [2.45, 2.75) is 19.6 Å². The van der Waals surface area contributed by atoms with E-state index in [2.05, 4.69) is 10.3 Å². The lowest BCUT2D eigenvalue weighted by Gasteiger charge is -2.13. The van der Waals surface area contributed by atoms with Gasteiger partial charge in [0.15, 0.2) is 6.10 Å². The Hall–Kier alpha value is -2.48. The smallest absolute Gasteiger partial charge is 0.332 e. The largest absolute Gasteiger partial charge is 0.451 e. The molecule has 0 unspecified atom stereocenters. The third kappa shape index (κ3) is 5.50. The summed E-state index contributed by atoms with van der Waals surface area (Å²) in [7, 11) is 0. The maximum absolute atomic E-state index is 12.1. The molecule has 1 heterocycles. The molecule has 2 aromatic carbocycles. The number of ether oxygens (including phenoxy) is 2. The number of amides is 1. The first-order valence-corrected chi connectivity index (χ1v) is 9.39. The Morgan fingerprint density at radius 3 is 2.81 bits per heavy atom. The number of carbonyl (C=O) groups excluding carboxylic acids is 2. The minimum absolute atomic E-state index is 0.206. The van der Waals surface area contributed by atoms with Crippen LogP contribution < -0.4 is 5.32 Å². The molecule has 3 rings (SSSR count). The Morgan fingerprint density at radius 1 is 1.22 bits per heavy atom. The number of anilines is 1. The third-order valence-corrected chi connectivity index (χ3v) is 4.80. The predicted octanol–water partition coefficient (Wildman–Crippen LogP) is 4.04. The first-order valence-electron chi connectivity index (χ1n) is 8.19. The van der Waals surface area contributed by atoms with Gasteiger partial charge in [0.05, 0.1) is 16.8 Å². The van der Waals surface area contributed by atoms with Crippen LogP contribution in [0, 0.1) is 0 Å². The molecule has 0 bridgehead atoms. The van der Waals surface area contributed by atoms with Gasteiger partial charge in [-0.15, -0.1) is 11.3 Å². The first kappa shape index (κ1) is 19.3. The number of nitrogens with zero attached hydrogens (tertiary/aromatic N) is 1. The highest BCUT2D eigenvalue weighted by molar-refractivity contribution is 7.18. The van der Waals surface area contributed by atoms with Gasteiger partial charge in [0.2, 0.25) is 0 Å². The van der Waals surface area contributed by atoms with Gasteiger partial charge in [-0.2, -0.15) is 0 Å². The fraction of sp³-hybridized carbons (Fsp3) is 0.211. The third-order valence-electron chi connectivity index (χ3n) is 3.55. The van der Waals surface area contributed by atoms with E-state index in [9.17, 15) is 9.59 Å². The van der Waals surface area contributed by atoms with Crippen LogP contribution in [0.1, 0.15) is 11.9 Å². The van der Waals surface area contributed by atoms with Gasteiger partial charge in [-0.25, -0.2) is 9.78 Å². The molecule has 0 fully saturated rings. The lowest BCUT2D eigenvalue weighted by atomic mass is 10.3. The number of thiazole rings is 1. The number of carbonyl (C=O) groups is 2. The summed E-state index contributed by atoms with van der Waals surface area (Å²) in [6.45, 7) is 1.44. The molecule has 0 spiro atoms. The highest BCUT2D eigenvalue weighted by Gasteiger charge is 2.18. The average Bonchev–Trinajstić information content (AvgIpc) is 3.04. The van der Waals surface area contributed by atoms with Gasteiger partial charge in [-0.3, -0.25) is 4.79 Å². The number of aromatic nitrogens is 1. The lowest BCUT2D eigenvalue weighted by molar-refractivity contribution is -0.157. The van der Waals surface area contributed by atoms with Crippen LogP contribution in [0.5, 0.6) is 0 Å². The molecule has 1 aromatic heterocycles. The van der Waals surface area contributed by atoms with Gasteiger partial charge < -0.3 is 14.8 Å². The number of nitrogens with one attached hydrogen (secondary N) is 1. The molecular weight excluding hydrogens is 388 g/mol. The monoisotopic (exact) mass is 404 g/mol. The summed E-state index contributed by atoms with van der Waals surface area (Å²) in [6.07, 6.45) is -0.956. The fourth-order valence-corrected chi connectivity index (χ4v) is 3.39. The van der Waals surface area contributed by atoms with E-state index in [0.29, 0.717) is 10.7 Å². The summed E-state index contributed by atoms with van der Waals surface area (Å²) in [4.78, 5) is 28.4. The van der Waals surface area contributed by atoms with Gasteiger partial charge in [0.1, 0.15) is 11.6 Å². The molecule has 0 aliphatic carbocycles. The van der Waals surface area contributed by atoms with E-state index < -0.39 is 18.0 Å². The summed E-state index contributed by atoms with van der Waals surface area (Å²) in [5, 5.41) is 3.91. The van der Waals surface area contributed by atoms with Gasteiger partial charge in [-0.05, 0) is 37.3 Å². The molecule has 0 saturated heterocycles. The van der Waals surface area contributed by atoms with Gasteiger partial charge >= 0.3 is 5.97 Å². The number of para-hydroxylation sites is 1. The molecule has 1 atom stereocenters. The predicted molar refractivity (Wildman–Crippen MR) is 105 cm³/mol. The number of esters is 1. The zero-order valence-corrected chi connectivity index (χ0v) is 16.0. The van der Waals surface area contributed by atoms with Crippen molar-refractivity contribution in [3.63, 3.8) is 0 Å². The van der Waals surface area contributed by atoms with Crippen molar-refractivity contribution in [2.75, 3.05) is 11.9 Å². The maximum atomic E-state index is 12.1. The maximum Gasteiger partial charge on any atom is 0.332 e. The molecule has 3 aromatic rings. The van der Waals surface area contributed by atoms with E-state index in [1.807, 2.05) is 24.3 Å². The number of rotatable bonds is 7. The van der Waals surface area contributed by atoms with E-state index in [0.717, 1.165) is 15.2 Å². The minimum atomic E-state index is -0.956. The molecule has 1 amide bonds. The van der Waals surface area contributed by atoms with Crippen molar-refractivity contribution in [1.29, 1.82) is 0 Å². The van der Waals surface area contributed by atoms with E-state index >= 15 is 0 Å². The van der Waals surface area contributed by atoms with Crippen LogP contribution in [0.25, 0.3) is 10.2 Å². The number of hydrogen-bond donors (Lipinski definition) is 1. The molecule has 27 heavy (non-hydrogen) atoms. The molecule has 0 radical (unpaired) electrons. The summed E-state index contributed by atoms with van der Waals surface area (Å²) >= 11 is 7.38. The zero-order chi connectivity index (χ0) is 19.2. The van der Waals surface area contributed by atoms with Crippen molar-refractivity contribution in [1.82, 2.24) is 4.98 Å². The highest BCUT2D eigenvalue weighted by Crippen LogP contribution is 2.22. The number of fused-ring (bicyclic) bond motifs is 1. The van der Waals surface area contributed by atoms with Crippen LogP contribution in [0.4, 0.5) is 5.69 Å². The van der Waals surface area contributed by atoms with Crippen molar-refractivity contribution < 1.29 is 19.1 Å². The van der Waals surface area contributed by atoms with Gasteiger partial charge in [0.25, 0.3) is 5.91 Å². The molecule has 140 valence electrons. The Labute approximate surface area is 165 Å². The van der Waals surface area contributed by atoms with E-state index in [1.54, 1.807) is 24.3 Å². The number of benzene rings is 2. The van der Waals surface area contributed by atoms with Crippen LogP contribution in [-0.2, 0) is 25.7 Å². The van der Waals surface area contributed by atoms with Crippen molar-refractivity contribution in [3.8, 4) is 0 Å². The Morgan fingerprint density at radius 2 is 2.04 bits per heavy atom. The van der Waals surface area contributed by atoms with Crippen LogP contribution >= 0.6 is 22.9 Å². The molecule has 0 aliphatic heterocycles. The quantitative estimate of drug-likeness (QED) is 0.601. The fourth-order valence-electron chi connectivity index (χ4n) is 2.30. The molecule has 0 saturated carbocycles. The highest BCUT2D eigenvalue weighted by atomic mass is 35.5.